The average Bonchev–Trinajstić information content (AvgIpc) is 3.16. The zero-order valence-corrected chi connectivity index (χ0v) is 11.0. The summed E-state index contributed by atoms with van der Waals surface area (Å²) in [5.74, 6) is 1.96. The maximum atomic E-state index is 12.7. The zero-order valence-electron chi connectivity index (χ0n) is 11.0. The van der Waals surface area contributed by atoms with Gasteiger partial charge < -0.3 is 19.5 Å². The van der Waals surface area contributed by atoms with Gasteiger partial charge in [-0.25, -0.2) is 0 Å². The Hall–Kier alpha value is -2.69. The average molecular weight is 281 g/mol. The fourth-order valence-corrected chi connectivity index (χ4v) is 3.37. The highest BCUT2D eigenvalue weighted by Gasteiger charge is 2.54. The molecule has 2 aromatic rings. The number of hydrogen-bond acceptors (Lipinski definition) is 4. The molecule has 0 saturated heterocycles. The predicted molar refractivity (Wildman–Crippen MR) is 73.9 cm³/mol. The van der Waals surface area contributed by atoms with E-state index in [-0.39, 0.29) is 12.7 Å². The fraction of sp³-hybridized carbons (Fsp3) is 0.188. The standard InChI is InChI=1S/C16H11NO4/c18-15-16(9-3-1-2-4-11(9)17-15)7-19-12-6-14-13(5-10(12)16)20-8-21-14/h1-6H,7-8H2,(H,17,18)/t16-/m1/s1. The zero-order chi connectivity index (χ0) is 14.0. The molecule has 0 saturated carbocycles. The van der Waals surface area contributed by atoms with Gasteiger partial charge in [-0.15, -0.1) is 0 Å². The molecule has 5 heteroatoms. The minimum atomic E-state index is -0.785. The molecule has 5 nitrogen and oxygen atoms in total. The Morgan fingerprint density at radius 1 is 0.952 bits per heavy atom. The molecule has 3 aliphatic heterocycles. The summed E-state index contributed by atoms with van der Waals surface area (Å²) in [7, 11) is 0. The van der Waals surface area contributed by atoms with Crippen molar-refractivity contribution in [3.05, 3.63) is 47.5 Å². The van der Waals surface area contributed by atoms with E-state index >= 15 is 0 Å². The van der Waals surface area contributed by atoms with Gasteiger partial charge in [-0.1, -0.05) is 18.2 Å². The molecule has 0 radical (unpaired) electrons. The van der Waals surface area contributed by atoms with Crippen molar-refractivity contribution in [2.75, 3.05) is 18.7 Å². The normalized spacial score (nSPS) is 23.7. The second-order valence-corrected chi connectivity index (χ2v) is 5.40. The van der Waals surface area contributed by atoms with Crippen molar-refractivity contribution in [2.24, 2.45) is 0 Å². The lowest BCUT2D eigenvalue weighted by molar-refractivity contribution is -0.119. The van der Waals surface area contributed by atoms with Crippen LogP contribution >= 0.6 is 0 Å². The van der Waals surface area contributed by atoms with E-state index in [1.807, 2.05) is 30.3 Å². The monoisotopic (exact) mass is 281 g/mol. The van der Waals surface area contributed by atoms with Crippen molar-refractivity contribution in [2.45, 2.75) is 5.41 Å². The minimum absolute atomic E-state index is 0.0543. The third kappa shape index (κ3) is 1.19. The Bertz CT molecular complexity index is 801. The van der Waals surface area contributed by atoms with Crippen LogP contribution in [0.1, 0.15) is 11.1 Å². The van der Waals surface area contributed by atoms with Crippen LogP contribution in [0.2, 0.25) is 0 Å². The van der Waals surface area contributed by atoms with Crippen LogP contribution in [0.25, 0.3) is 0 Å². The molecule has 0 aliphatic carbocycles. The van der Waals surface area contributed by atoms with Gasteiger partial charge in [0.05, 0.1) is 0 Å². The topological polar surface area (TPSA) is 56.8 Å². The summed E-state index contributed by atoms with van der Waals surface area (Å²) in [5, 5.41) is 2.95. The van der Waals surface area contributed by atoms with E-state index in [1.54, 1.807) is 6.07 Å². The molecule has 1 N–H and O–H groups in total. The first-order valence-electron chi connectivity index (χ1n) is 6.77. The summed E-state index contributed by atoms with van der Waals surface area (Å²) >= 11 is 0. The minimum Gasteiger partial charge on any atom is -0.491 e. The van der Waals surface area contributed by atoms with Crippen molar-refractivity contribution in [3.63, 3.8) is 0 Å². The highest BCUT2D eigenvalue weighted by Crippen LogP contribution is 2.53. The summed E-state index contributed by atoms with van der Waals surface area (Å²) in [6.07, 6.45) is 0. The van der Waals surface area contributed by atoms with Gasteiger partial charge in [0.25, 0.3) is 0 Å². The Kier molecular flexibility index (Phi) is 1.83. The molecule has 1 amide bonds. The number of nitrogens with one attached hydrogen (secondary N) is 1. The van der Waals surface area contributed by atoms with Crippen molar-refractivity contribution in [3.8, 4) is 17.2 Å². The first-order valence-corrected chi connectivity index (χ1v) is 6.77. The SMILES string of the molecule is O=C1Nc2ccccc2[C@@]12COc1cc3c(cc12)OCO3. The molecule has 2 aromatic carbocycles. The summed E-state index contributed by atoms with van der Waals surface area (Å²) in [5.41, 5.74) is 1.85. The molecular formula is C16H11NO4. The van der Waals surface area contributed by atoms with E-state index in [1.165, 1.54) is 0 Å². The Balaban J connectivity index is 1.79. The fourth-order valence-electron chi connectivity index (χ4n) is 3.37. The number of carbonyl (C=O) groups is 1. The number of rotatable bonds is 0. The Labute approximate surface area is 120 Å². The maximum absolute atomic E-state index is 12.7. The number of ether oxygens (including phenoxy) is 3. The van der Waals surface area contributed by atoms with Crippen LogP contribution in [-0.2, 0) is 10.2 Å². The van der Waals surface area contributed by atoms with Gasteiger partial charge in [0.15, 0.2) is 11.5 Å². The van der Waals surface area contributed by atoms with E-state index < -0.39 is 5.41 Å². The summed E-state index contributed by atoms with van der Waals surface area (Å²) in [6.45, 7) is 0.502. The van der Waals surface area contributed by atoms with E-state index in [2.05, 4.69) is 5.32 Å². The number of para-hydroxylation sites is 1. The highest BCUT2D eigenvalue weighted by atomic mass is 16.7. The first-order chi connectivity index (χ1) is 10.3. The van der Waals surface area contributed by atoms with Crippen molar-refractivity contribution >= 4 is 11.6 Å². The highest BCUT2D eigenvalue weighted by molar-refractivity contribution is 6.09. The van der Waals surface area contributed by atoms with Crippen LogP contribution < -0.4 is 19.5 Å². The van der Waals surface area contributed by atoms with Crippen LogP contribution in [-0.4, -0.2) is 19.3 Å². The van der Waals surface area contributed by atoms with Crippen LogP contribution in [0.4, 0.5) is 5.69 Å². The number of fused-ring (bicyclic) bond motifs is 5. The number of carbonyl (C=O) groups excluding carboxylic acids is 1. The predicted octanol–water partition coefficient (Wildman–Crippen LogP) is 2.05. The third-order valence-electron chi connectivity index (χ3n) is 4.40. The quantitative estimate of drug-likeness (QED) is 0.803. The van der Waals surface area contributed by atoms with Gasteiger partial charge in [-0.05, 0) is 17.7 Å². The van der Waals surface area contributed by atoms with Gasteiger partial charge >= 0.3 is 0 Å². The van der Waals surface area contributed by atoms with Crippen molar-refractivity contribution in [1.82, 2.24) is 0 Å². The molecule has 1 atom stereocenters. The number of benzene rings is 2. The third-order valence-corrected chi connectivity index (χ3v) is 4.40. The molecule has 1 spiro atoms. The van der Waals surface area contributed by atoms with E-state index in [0.29, 0.717) is 23.9 Å². The van der Waals surface area contributed by atoms with Crippen molar-refractivity contribution in [1.29, 1.82) is 0 Å². The lowest BCUT2D eigenvalue weighted by Gasteiger charge is -2.20. The van der Waals surface area contributed by atoms with Crippen LogP contribution in [0.15, 0.2) is 36.4 Å². The molecule has 3 aliphatic rings. The summed E-state index contributed by atoms with van der Waals surface area (Å²) in [4.78, 5) is 12.7. The van der Waals surface area contributed by atoms with Crippen LogP contribution in [0.5, 0.6) is 17.2 Å². The molecule has 104 valence electrons. The molecule has 0 unspecified atom stereocenters. The van der Waals surface area contributed by atoms with Crippen LogP contribution in [0, 0.1) is 0 Å². The molecule has 0 fully saturated rings. The number of anilines is 1. The largest absolute Gasteiger partial charge is 0.491 e. The molecule has 0 bridgehead atoms. The summed E-state index contributed by atoms with van der Waals surface area (Å²) in [6, 6.07) is 11.4. The lowest BCUT2D eigenvalue weighted by Crippen LogP contribution is -2.37. The number of amides is 1. The maximum Gasteiger partial charge on any atom is 0.243 e. The second kappa shape index (κ2) is 3.49. The molecule has 0 aromatic heterocycles. The summed E-state index contributed by atoms with van der Waals surface area (Å²) < 4.78 is 16.6. The van der Waals surface area contributed by atoms with E-state index in [0.717, 1.165) is 16.8 Å². The lowest BCUT2D eigenvalue weighted by atomic mass is 9.77. The second-order valence-electron chi connectivity index (χ2n) is 5.40. The van der Waals surface area contributed by atoms with Gasteiger partial charge in [0.2, 0.25) is 12.7 Å². The van der Waals surface area contributed by atoms with Gasteiger partial charge in [-0.3, -0.25) is 4.79 Å². The van der Waals surface area contributed by atoms with Crippen molar-refractivity contribution < 1.29 is 19.0 Å². The number of hydrogen-bond donors (Lipinski definition) is 1. The molecular weight excluding hydrogens is 270 g/mol. The van der Waals surface area contributed by atoms with E-state index in [9.17, 15) is 4.79 Å². The van der Waals surface area contributed by atoms with E-state index in [4.69, 9.17) is 14.2 Å². The molecule has 5 rings (SSSR count). The first kappa shape index (κ1) is 11.0. The van der Waals surface area contributed by atoms with Gasteiger partial charge in [0, 0.05) is 17.3 Å². The van der Waals surface area contributed by atoms with Gasteiger partial charge in [0.1, 0.15) is 17.8 Å². The smallest absolute Gasteiger partial charge is 0.243 e. The van der Waals surface area contributed by atoms with Crippen LogP contribution in [0.3, 0.4) is 0 Å². The Morgan fingerprint density at radius 3 is 2.67 bits per heavy atom. The Morgan fingerprint density at radius 2 is 1.76 bits per heavy atom. The molecule has 3 heterocycles. The van der Waals surface area contributed by atoms with Gasteiger partial charge in [-0.2, -0.15) is 0 Å². The molecule has 21 heavy (non-hydrogen) atoms.